The largest absolute Gasteiger partial charge is 0.445 e. The summed E-state index contributed by atoms with van der Waals surface area (Å²) in [6.07, 6.45) is 0.135. The highest BCUT2D eigenvalue weighted by Crippen LogP contribution is 2.37. The van der Waals surface area contributed by atoms with Gasteiger partial charge in [-0.1, -0.05) is 99.6 Å². The molecule has 2 unspecified atom stereocenters. The molecule has 70 heavy (non-hydrogen) atoms. The van der Waals surface area contributed by atoms with Crippen molar-refractivity contribution in [3.63, 3.8) is 0 Å². The third-order valence-electron chi connectivity index (χ3n) is 13.3. The summed E-state index contributed by atoms with van der Waals surface area (Å²) in [6, 6.07) is 0.938. The number of methoxy groups -OCH3 is 1. The Hall–Kier alpha value is -6.02. The number of ether oxygens (including phenoxy) is 2. The molecular formula is C50H84N10O10. The fraction of sp³-hybridized carbons (Fsp3) is 0.640. The second kappa shape index (κ2) is 29.2. The molecular weight excluding hydrogens is 901 g/mol. The van der Waals surface area contributed by atoms with Gasteiger partial charge >= 0.3 is 12.1 Å². The number of rotatable bonds is 30. The summed E-state index contributed by atoms with van der Waals surface area (Å²) in [5.41, 5.74) is 17.9. The second-order valence-electron chi connectivity index (χ2n) is 19.2. The minimum Gasteiger partial charge on any atom is -0.445 e. The number of nitrogens with zero attached hydrogens (tertiary/aromatic N) is 2. The van der Waals surface area contributed by atoms with Crippen LogP contribution in [0, 0.1) is 29.1 Å². The van der Waals surface area contributed by atoms with E-state index in [-0.39, 0.29) is 49.7 Å². The van der Waals surface area contributed by atoms with E-state index in [0.29, 0.717) is 36.1 Å². The van der Waals surface area contributed by atoms with Gasteiger partial charge in [-0.05, 0) is 79.5 Å². The van der Waals surface area contributed by atoms with E-state index in [0.717, 1.165) is 10.5 Å². The molecule has 0 saturated heterocycles. The topological polar surface area (TPSA) is 286 Å². The molecule has 0 spiro atoms. The number of nitrogens with one attached hydrogen (secondary N) is 6. The van der Waals surface area contributed by atoms with Crippen LogP contribution >= 0.6 is 0 Å². The quantitative estimate of drug-likeness (QED) is 0.0306. The predicted octanol–water partition coefficient (Wildman–Crippen LogP) is 4.25. The van der Waals surface area contributed by atoms with Crippen molar-refractivity contribution < 1.29 is 47.8 Å². The van der Waals surface area contributed by atoms with Crippen LogP contribution < -0.4 is 43.6 Å². The Morgan fingerprint density at radius 2 is 1.39 bits per heavy atom. The number of amides is 9. The Morgan fingerprint density at radius 3 is 1.86 bits per heavy atom. The molecule has 0 heterocycles. The number of anilines is 1. The van der Waals surface area contributed by atoms with Crippen LogP contribution in [0.3, 0.4) is 0 Å². The number of carbonyl (C=O) groups excluding carboxylic acids is 8. The van der Waals surface area contributed by atoms with Crippen molar-refractivity contribution in [1.29, 1.82) is 0 Å². The zero-order chi connectivity index (χ0) is 53.8. The SMILES string of the molecule is C=C(C)[C@@H](C(=O)N[C@H](C(=O)N(C)[C@@H]([C@@H](C)CC)[C@@H](CC(N)=O)OC)C(C)C)N(C)C(=O)OCc1ccc(NC(=O)[C@H](CCCNC(N)=O)NC(=O)[C@@H](NNC(=O)C(C)C(C)(CC)C(=C)C)C(C)C)cc1. The zero-order valence-corrected chi connectivity index (χ0v) is 44.1. The van der Waals surface area contributed by atoms with Crippen LogP contribution in [0.1, 0.15) is 114 Å². The highest BCUT2D eigenvalue weighted by Gasteiger charge is 2.40. The van der Waals surface area contributed by atoms with Crippen LogP contribution in [0.25, 0.3) is 0 Å². The molecule has 0 fully saturated rings. The molecule has 0 aliphatic heterocycles. The Labute approximate surface area is 415 Å². The molecule has 0 aromatic heterocycles. The van der Waals surface area contributed by atoms with Crippen molar-refractivity contribution in [1.82, 2.24) is 36.6 Å². The first-order valence-corrected chi connectivity index (χ1v) is 24.0. The number of hydrogen-bond donors (Lipinski definition) is 8. The van der Waals surface area contributed by atoms with Gasteiger partial charge in [-0.2, -0.15) is 0 Å². The Bertz CT molecular complexity index is 1980. The van der Waals surface area contributed by atoms with Gasteiger partial charge in [-0.25, -0.2) is 15.0 Å². The Kier molecular flexibility index (Phi) is 25.9. The minimum atomic E-state index is -1.21. The van der Waals surface area contributed by atoms with E-state index in [1.165, 1.54) is 19.1 Å². The summed E-state index contributed by atoms with van der Waals surface area (Å²) in [6.45, 7) is 28.2. The Balaban J connectivity index is 3.16. The monoisotopic (exact) mass is 985 g/mol. The molecule has 1 rings (SSSR count). The van der Waals surface area contributed by atoms with Gasteiger partial charge in [0.25, 0.3) is 0 Å². The summed E-state index contributed by atoms with van der Waals surface area (Å²) in [7, 11) is 4.43. The van der Waals surface area contributed by atoms with Gasteiger partial charge in [0.05, 0.1) is 18.6 Å². The normalized spacial score (nSPS) is 15.5. The lowest BCUT2D eigenvalue weighted by Crippen LogP contribution is -2.59. The van der Waals surface area contributed by atoms with Crippen LogP contribution in [0.2, 0.25) is 0 Å². The van der Waals surface area contributed by atoms with Gasteiger partial charge in [0, 0.05) is 39.4 Å². The van der Waals surface area contributed by atoms with Gasteiger partial charge in [-0.3, -0.25) is 39.1 Å². The number of carbonyl (C=O) groups is 8. The van der Waals surface area contributed by atoms with E-state index in [1.54, 1.807) is 72.9 Å². The maximum absolute atomic E-state index is 14.1. The molecule has 394 valence electrons. The summed E-state index contributed by atoms with van der Waals surface area (Å²) >= 11 is 0. The first-order chi connectivity index (χ1) is 32.6. The van der Waals surface area contributed by atoms with E-state index in [1.807, 2.05) is 34.6 Å². The van der Waals surface area contributed by atoms with E-state index < -0.39 is 89.3 Å². The summed E-state index contributed by atoms with van der Waals surface area (Å²) in [5.74, 6) is -4.28. The molecule has 9 atom stereocenters. The number of nitrogens with two attached hydrogens (primary N) is 2. The number of allylic oxidation sites excluding steroid dienone is 1. The molecule has 0 aliphatic rings. The van der Waals surface area contributed by atoms with Crippen LogP contribution in [-0.4, -0.2) is 121 Å². The van der Waals surface area contributed by atoms with Crippen LogP contribution in [0.15, 0.2) is 48.6 Å². The van der Waals surface area contributed by atoms with E-state index in [9.17, 15) is 38.4 Å². The van der Waals surface area contributed by atoms with E-state index in [4.69, 9.17) is 20.9 Å². The maximum Gasteiger partial charge on any atom is 0.410 e. The van der Waals surface area contributed by atoms with E-state index >= 15 is 0 Å². The van der Waals surface area contributed by atoms with Crippen LogP contribution in [0.4, 0.5) is 15.3 Å². The fourth-order valence-electron chi connectivity index (χ4n) is 8.00. The molecule has 20 nitrogen and oxygen atoms in total. The van der Waals surface area contributed by atoms with Gasteiger partial charge < -0.3 is 47.1 Å². The summed E-state index contributed by atoms with van der Waals surface area (Å²) in [4.78, 5) is 108. The van der Waals surface area contributed by atoms with Gasteiger partial charge in [-0.15, -0.1) is 0 Å². The average Bonchev–Trinajstić information content (AvgIpc) is 3.29. The molecule has 1 aromatic carbocycles. The lowest BCUT2D eigenvalue weighted by Gasteiger charge is -2.40. The molecule has 10 N–H and O–H groups in total. The lowest BCUT2D eigenvalue weighted by atomic mass is 9.71. The first-order valence-electron chi connectivity index (χ1n) is 24.0. The van der Waals surface area contributed by atoms with Gasteiger partial charge in [0.15, 0.2) is 0 Å². The molecule has 0 saturated carbocycles. The number of urea groups is 1. The Morgan fingerprint density at radius 1 is 0.800 bits per heavy atom. The van der Waals surface area contributed by atoms with Crippen LogP contribution in [-0.2, 0) is 44.8 Å². The average molecular weight is 985 g/mol. The number of likely N-dealkylation sites (N-methyl/N-ethyl adjacent to an activating group) is 2. The molecule has 0 radical (unpaired) electrons. The highest BCUT2D eigenvalue weighted by molar-refractivity contribution is 5.98. The van der Waals surface area contributed by atoms with Crippen LogP contribution in [0.5, 0.6) is 0 Å². The lowest BCUT2D eigenvalue weighted by molar-refractivity contribution is -0.144. The van der Waals surface area contributed by atoms with Crippen molar-refractivity contribution in [2.24, 2.45) is 40.6 Å². The number of primary amides is 2. The summed E-state index contributed by atoms with van der Waals surface area (Å²) < 4.78 is 11.2. The van der Waals surface area contributed by atoms with Crippen molar-refractivity contribution in [2.75, 3.05) is 33.1 Å². The smallest absolute Gasteiger partial charge is 0.410 e. The third-order valence-corrected chi connectivity index (χ3v) is 13.3. The first kappa shape index (κ1) is 62.0. The number of hydrogen-bond acceptors (Lipinski definition) is 11. The second-order valence-corrected chi connectivity index (χ2v) is 19.2. The molecule has 1 aromatic rings. The van der Waals surface area contributed by atoms with Gasteiger partial charge in [0.2, 0.25) is 35.4 Å². The fourth-order valence-corrected chi connectivity index (χ4v) is 8.00. The van der Waals surface area contributed by atoms with E-state index in [2.05, 4.69) is 45.3 Å². The highest BCUT2D eigenvalue weighted by atomic mass is 16.6. The minimum absolute atomic E-state index is 0.0869. The summed E-state index contributed by atoms with van der Waals surface area (Å²) in [5, 5.41) is 10.9. The maximum atomic E-state index is 14.1. The zero-order valence-electron chi connectivity index (χ0n) is 44.1. The molecule has 0 aliphatic carbocycles. The third kappa shape index (κ3) is 18.4. The van der Waals surface area contributed by atoms with Crippen molar-refractivity contribution in [3.8, 4) is 0 Å². The molecule has 0 bridgehead atoms. The van der Waals surface area contributed by atoms with Crippen molar-refractivity contribution in [2.45, 2.75) is 151 Å². The number of benzene rings is 1. The number of hydrazine groups is 1. The predicted molar refractivity (Wildman–Crippen MR) is 270 cm³/mol. The molecule has 20 heteroatoms. The van der Waals surface area contributed by atoms with Crippen molar-refractivity contribution in [3.05, 3.63) is 54.1 Å². The standard InChI is InChI=1S/C50H84N10O10/c1-17-32(11)42(37(69-16)26-38(51)61)59(14)47(66)40(29(5)6)56-46(65)41(30(7)8)60(15)49(68)70-27-34-21-23-35(24-22-34)54-44(63)36(20-19-25-53-48(52)67)55-45(64)39(28(3)4)57-58-43(62)33(12)50(13,18-2)31(9)10/h21-24,28-29,32-33,36-37,39-42,57H,7,9,17-20,25-27H2,1-6,8,10-16H3,(H2,51,61)(H,54,63)(H,55,64)(H,56,65)(H,58,62)(H3,52,53,67)/t32-,33?,36-,37+,39-,40-,41-,42-,50?/m0/s1. The molecule has 9 amide bonds. The van der Waals surface area contributed by atoms with Crippen molar-refractivity contribution >= 4 is 53.3 Å². The van der Waals surface area contributed by atoms with Gasteiger partial charge in [0.1, 0.15) is 30.8 Å².